The Kier molecular flexibility index (Phi) is 50.0. The fraction of sp³-hybridized carbons (Fsp3) is 0.966. The second-order valence-corrected chi connectivity index (χ2v) is 20.7. The number of nitrogens with zero attached hydrogens (tertiary/aromatic N) is 4. The van der Waals surface area contributed by atoms with Gasteiger partial charge in [0.05, 0.1) is 6.54 Å². The molecule has 0 aromatic rings. The van der Waals surface area contributed by atoms with Gasteiger partial charge in [0.15, 0.2) is 0 Å². The van der Waals surface area contributed by atoms with Gasteiger partial charge in [-0.15, -0.1) is 0 Å². The summed E-state index contributed by atoms with van der Waals surface area (Å²) in [4.78, 5) is 33.9. The van der Waals surface area contributed by atoms with E-state index in [4.69, 9.17) is 4.74 Å². The lowest BCUT2D eigenvalue weighted by molar-refractivity contribution is -0.134. The highest BCUT2D eigenvalue weighted by molar-refractivity contribution is 5.78. The molecule has 1 unspecified atom stereocenters. The van der Waals surface area contributed by atoms with E-state index in [1.807, 2.05) is 7.11 Å². The third-order valence-electron chi connectivity index (χ3n) is 14.2. The normalized spacial score (nSPS) is 13.8. The Hall–Kier alpha value is -1.02. The molecule has 1 fully saturated rings. The number of piperidine rings is 1. The first-order valence-corrected chi connectivity index (χ1v) is 29.3. The number of carbonyl (C=O) groups is 2. The van der Waals surface area contributed by atoms with Crippen molar-refractivity contribution < 1.29 is 14.3 Å². The van der Waals surface area contributed by atoms with E-state index in [0.29, 0.717) is 18.4 Å². The maximum Gasteiger partial charge on any atom is 0.236 e. The molecular weight excluding hydrogens is 801 g/mol. The first kappa shape index (κ1) is 64.0. The van der Waals surface area contributed by atoms with Crippen LogP contribution in [-0.2, 0) is 14.3 Å². The molecule has 1 aliphatic heterocycles. The van der Waals surface area contributed by atoms with Crippen molar-refractivity contribution in [3.63, 3.8) is 0 Å². The Bertz CT molecular complexity index is 941. The lowest BCUT2D eigenvalue weighted by atomic mass is 9.93. The number of rotatable bonds is 48. The highest BCUT2D eigenvalue weighted by atomic mass is 16.5. The van der Waals surface area contributed by atoms with Gasteiger partial charge in [0.2, 0.25) is 5.91 Å². The first-order valence-electron chi connectivity index (χ1n) is 29.3. The maximum atomic E-state index is 13.9. The lowest BCUT2D eigenvalue weighted by Crippen LogP contribution is -2.46. The minimum absolute atomic E-state index is 0.390. The fourth-order valence-corrected chi connectivity index (χ4v) is 9.74. The quantitative estimate of drug-likeness (QED) is 0.0448. The number of likely N-dealkylation sites (tertiary alicyclic amines) is 1. The summed E-state index contributed by atoms with van der Waals surface area (Å²) in [5, 5.41) is 0. The van der Waals surface area contributed by atoms with E-state index in [-0.39, 0.29) is 0 Å². The van der Waals surface area contributed by atoms with Crippen LogP contribution in [0.1, 0.15) is 266 Å². The van der Waals surface area contributed by atoms with Crippen LogP contribution in [0.5, 0.6) is 0 Å². The fourth-order valence-electron chi connectivity index (χ4n) is 9.74. The van der Waals surface area contributed by atoms with E-state index >= 15 is 0 Å². The molecule has 1 rings (SSSR count). The molecule has 1 atom stereocenters. The molecule has 1 heterocycles. The highest BCUT2D eigenvalue weighted by Crippen LogP contribution is 2.22. The summed E-state index contributed by atoms with van der Waals surface area (Å²) in [7, 11) is 1.84. The van der Waals surface area contributed by atoms with Crippen LogP contribution in [0.3, 0.4) is 0 Å². The average molecular weight is 920 g/mol. The van der Waals surface area contributed by atoms with Crippen molar-refractivity contribution in [2.45, 2.75) is 266 Å². The minimum atomic E-state index is 0.390. The Morgan fingerprint density at radius 3 is 1.29 bits per heavy atom. The zero-order valence-corrected chi connectivity index (χ0v) is 45.5. The van der Waals surface area contributed by atoms with Gasteiger partial charge in [0.25, 0.3) is 0 Å². The first-order chi connectivity index (χ1) is 31.9. The molecule has 0 aromatic heterocycles. The van der Waals surface area contributed by atoms with Gasteiger partial charge >= 0.3 is 0 Å². The van der Waals surface area contributed by atoms with Crippen LogP contribution in [0.4, 0.5) is 0 Å². The third kappa shape index (κ3) is 42.8. The van der Waals surface area contributed by atoms with Crippen LogP contribution in [-0.4, -0.2) is 118 Å². The molecule has 388 valence electrons. The lowest BCUT2D eigenvalue weighted by Gasteiger charge is -2.35. The second-order valence-electron chi connectivity index (χ2n) is 20.7. The number of hydrogen-bond donors (Lipinski definition) is 0. The molecule has 1 amide bonds. The van der Waals surface area contributed by atoms with E-state index in [1.165, 1.54) is 238 Å². The van der Waals surface area contributed by atoms with Gasteiger partial charge in [0, 0.05) is 52.9 Å². The van der Waals surface area contributed by atoms with E-state index < -0.39 is 0 Å². The topological polar surface area (TPSA) is 56.3 Å². The predicted molar refractivity (Wildman–Crippen MR) is 286 cm³/mol. The Morgan fingerprint density at radius 2 is 0.877 bits per heavy atom. The Morgan fingerprint density at radius 1 is 0.508 bits per heavy atom. The van der Waals surface area contributed by atoms with Crippen molar-refractivity contribution in [1.29, 1.82) is 0 Å². The molecule has 0 aromatic carbocycles. The van der Waals surface area contributed by atoms with Crippen LogP contribution in [0.2, 0.25) is 0 Å². The number of amides is 1. The van der Waals surface area contributed by atoms with Crippen LogP contribution in [0, 0.1) is 11.8 Å². The summed E-state index contributed by atoms with van der Waals surface area (Å²) in [6, 6.07) is 0. The van der Waals surface area contributed by atoms with Crippen molar-refractivity contribution in [2.75, 3.05) is 85.7 Å². The Labute approximate surface area is 408 Å². The van der Waals surface area contributed by atoms with Crippen molar-refractivity contribution in [2.24, 2.45) is 11.8 Å². The van der Waals surface area contributed by atoms with Crippen LogP contribution < -0.4 is 0 Å². The molecule has 0 bridgehead atoms. The summed E-state index contributed by atoms with van der Waals surface area (Å²) in [6.45, 7) is 26.4. The smallest absolute Gasteiger partial charge is 0.236 e. The largest absolute Gasteiger partial charge is 0.384 e. The standard InChI is InChI=1S/C52H106N4O2.C6H12O/c1-7-11-15-19-23-27-31-38-53(39-32-28-24-20-16-12-8-2)45-46-55(41-34-30-26-22-18-14-10-4)48-52(57)56-43-36-51(37-44-56)35-42-54(47-50(5)49-58-6)40-33-29-25-21-17-13-9-3;1-2-3-4-5-6-7/h50-51H,7-49H2,1-6H3;6H,2-5H2,1H3. The molecule has 1 aliphatic rings. The maximum absolute atomic E-state index is 13.9. The van der Waals surface area contributed by atoms with Gasteiger partial charge in [-0.25, -0.2) is 0 Å². The highest BCUT2D eigenvalue weighted by Gasteiger charge is 2.25. The van der Waals surface area contributed by atoms with Gasteiger partial charge in [-0.05, 0) is 95.9 Å². The number of aldehydes is 1. The Balaban J connectivity index is 0.00000537. The molecule has 0 radical (unpaired) electrons. The molecule has 1 saturated heterocycles. The predicted octanol–water partition coefficient (Wildman–Crippen LogP) is 15.6. The summed E-state index contributed by atoms with van der Waals surface area (Å²) in [5.74, 6) is 1.71. The number of hydrogen-bond acceptors (Lipinski definition) is 6. The number of carbonyl (C=O) groups excluding carboxylic acids is 2. The molecule has 0 spiro atoms. The van der Waals surface area contributed by atoms with Crippen molar-refractivity contribution in [3.05, 3.63) is 0 Å². The molecule has 7 nitrogen and oxygen atoms in total. The monoisotopic (exact) mass is 919 g/mol. The third-order valence-corrected chi connectivity index (χ3v) is 14.2. The molecule has 0 N–H and O–H groups in total. The van der Waals surface area contributed by atoms with Crippen LogP contribution in [0.25, 0.3) is 0 Å². The van der Waals surface area contributed by atoms with Crippen molar-refractivity contribution in [3.8, 4) is 0 Å². The van der Waals surface area contributed by atoms with E-state index in [1.54, 1.807) is 0 Å². The van der Waals surface area contributed by atoms with E-state index in [2.05, 4.69) is 61.1 Å². The van der Waals surface area contributed by atoms with Crippen molar-refractivity contribution in [1.82, 2.24) is 19.6 Å². The zero-order chi connectivity index (χ0) is 47.7. The number of ether oxygens (including phenoxy) is 1. The van der Waals surface area contributed by atoms with E-state index in [0.717, 1.165) is 70.9 Å². The van der Waals surface area contributed by atoms with Gasteiger partial charge in [-0.3, -0.25) is 9.69 Å². The summed E-state index contributed by atoms with van der Waals surface area (Å²) < 4.78 is 5.51. The summed E-state index contributed by atoms with van der Waals surface area (Å²) in [5.41, 5.74) is 0. The molecule has 7 heteroatoms. The van der Waals surface area contributed by atoms with Gasteiger partial charge < -0.3 is 24.2 Å². The second kappa shape index (κ2) is 50.8. The van der Waals surface area contributed by atoms with Crippen LogP contribution in [0.15, 0.2) is 0 Å². The summed E-state index contributed by atoms with van der Waals surface area (Å²) >= 11 is 0. The average Bonchev–Trinajstić information content (AvgIpc) is 3.31. The molecular formula is C58H118N4O3. The zero-order valence-electron chi connectivity index (χ0n) is 45.5. The van der Waals surface area contributed by atoms with Crippen molar-refractivity contribution >= 4 is 12.2 Å². The molecule has 0 aliphatic carbocycles. The minimum Gasteiger partial charge on any atom is -0.384 e. The van der Waals surface area contributed by atoms with Gasteiger partial charge in [-0.1, -0.05) is 208 Å². The van der Waals surface area contributed by atoms with Crippen LogP contribution >= 0.6 is 0 Å². The number of unbranched alkanes of at least 4 members (excludes halogenated alkanes) is 27. The molecule has 0 saturated carbocycles. The molecule has 65 heavy (non-hydrogen) atoms. The van der Waals surface area contributed by atoms with E-state index in [9.17, 15) is 9.59 Å². The SMILES string of the molecule is CCCCCC=O.CCCCCCCCCN(CCCCCCCCC)CCN(CCCCCCCCC)CC(=O)N1CCC(CCN(CCCCCCCCC)CC(C)COC)CC1. The van der Waals surface area contributed by atoms with Gasteiger partial charge in [-0.2, -0.15) is 0 Å². The summed E-state index contributed by atoms with van der Waals surface area (Å²) in [6.07, 6.45) is 47.0. The van der Waals surface area contributed by atoms with Gasteiger partial charge in [0.1, 0.15) is 6.29 Å². The number of methoxy groups -OCH3 is 1.